The van der Waals surface area contributed by atoms with E-state index in [1.807, 2.05) is 0 Å². The van der Waals surface area contributed by atoms with E-state index in [0.29, 0.717) is 5.92 Å². The van der Waals surface area contributed by atoms with Crippen LogP contribution in [0.25, 0.3) is 0 Å². The summed E-state index contributed by atoms with van der Waals surface area (Å²) in [6.07, 6.45) is 2.25. The van der Waals surface area contributed by atoms with E-state index in [1.54, 1.807) is 19.0 Å². The minimum Gasteiger partial charge on any atom is -0.379 e. The lowest BCUT2D eigenvalue weighted by Gasteiger charge is -2.37. The fourth-order valence-electron chi connectivity index (χ4n) is 3.33. The number of halogens is 1. The van der Waals surface area contributed by atoms with Crippen molar-refractivity contribution >= 4 is 35.8 Å². The van der Waals surface area contributed by atoms with Gasteiger partial charge in [0.2, 0.25) is 5.91 Å². The van der Waals surface area contributed by atoms with Gasteiger partial charge < -0.3 is 19.9 Å². The summed E-state index contributed by atoms with van der Waals surface area (Å²) in [5.74, 6) is 2.32. The van der Waals surface area contributed by atoms with E-state index in [9.17, 15) is 4.79 Å². The van der Waals surface area contributed by atoms with Crippen molar-refractivity contribution in [3.8, 4) is 0 Å². The first-order chi connectivity index (χ1) is 12.5. The average Bonchev–Trinajstić information content (AvgIpc) is 2.64. The molecule has 0 bridgehead atoms. The number of ether oxygens (including phenoxy) is 1. The number of guanidine groups is 1. The van der Waals surface area contributed by atoms with Gasteiger partial charge in [0.05, 0.1) is 13.2 Å². The molecular formula is C19H38IN5O2. The van der Waals surface area contributed by atoms with Crippen LogP contribution >= 0.6 is 24.0 Å². The smallest absolute Gasteiger partial charge is 0.243 e. The zero-order chi connectivity index (χ0) is 18.9. The number of likely N-dealkylation sites (tertiary alicyclic amines) is 1. The summed E-state index contributed by atoms with van der Waals surface area (Å²) in [4.78, 5) is 22.9. The molecular weight excluding hydrogens is 457 g/mol. The van der Waals surface area contributed by atoms with E-state index < -0.39 is 0 Å². The number of carbonyl (C=O) groups is 1. The number of carbonyl (C=O) groups excluding carboxylic acids is 1. The standard InChI is InChI=1S/C19H37N5O2.HI/c1-16-6-9-24(15-17(16)2)19(21-14-18(25)22(3)4)20-7-5-8-23-10-12-26-13-11-23;/h16-17H,5-15H2,1-4H3,(H,20,21);1H. The molecule has 2 saturated heterocycles. The zero-order valence-electron chi connectivity index (χ0n) is 17.4. The molecule has 27 heavy (non-hydrogen) atoms. The highest BCUT2D eigenvalue weighted by molar-refractivity contribution is 14.0. The van der Waals surface area contributed by atoms with Crippen LogP contribution in [0.15, 0.2) is 4.99 Å². The predicted molar refractivity (Wildman–Crippen MR) is 121 cm³/mol. The molecule has 0 aliphatic carbocycles. The van der Waals surface area contributed by atoms with Gasteiger partial charge >= 0.3 is 0 Å². The molecule has 2 unspecified atom stereocenters. The van der Waals surface area contributed by atoms with Gasteiger partial charge in [-0.15, -0.1) is 24.0 Å². The molecule has 0 radical (unpaired) electrons. The van der Waals surface area contributed by atoms with Crippen LogP contribution in [-0.4, -0.2) is 99.7 Å². The number of likely N-dealkylation sites (N-methyl/N-ethyl adjacent to an activating group) is 1. The van der Waals surface area contributed by atoms with Crippen LogP contribution in [-0.2, 0) is 9.53 Å². The Balaban J connectivity index is 0.00000364. The summed E-state index contributed by atoms with van der Waals surface area (Å²) in [6.45, 7) is 12.6. The van der Waals surface area contributed by atoms with E-state index in [2.05, 4.69) is 34.0 Å². The van der Waals surface area contributed by atoms with Crippen molar-refractivity contribution in [2.45, 2.75) is 26.7 Å². The number of rotatable bonds is 6. The molecule has 0 spiro atoms. The monoisotopic (exact) mass is 495 g/mol. The number of hydrogen-bond donors (Lipinski definition) is 1. The molecule has 2 rings (SSSR count). The fourth-order valence-corrected chi connectivity index (χ4v) is 3.33. The molecule has 2 atom stereocenters. The third-order valence-corrected chi connectivity index (χ3v) is 5.53. The molecule has 1 amide bonds. The molecule has 2 aliphatic rings. The second kappa shape index (κ2) is 12.8. The van der Waals surface area contributed by atoms with Crippen molar-refractivity contribution in [1.82, 2.24) is 20.0 Å². The van der Waals surface area contributed by atoms with Crippen molar-refractivity contribution in [2.24, 2.45) is 16.8 Å². The SMILES string of the molecule is CC1CCN(C(=NCC(=O)N(C)C)NCCCN2CCOCC2)CC1C.I. The van der Waals surface area contributed by atoms with Crippen molar-refractivity contribution in [3.05, 3.63) is 0 Å². The summed E-state index contributed by atoms with van der Waals surface area (Å²) in [5.41, 5.74) is 0. The van der Waals surface area contributed by atoms with Gasteiger partial charge in [0.15, 0.2) is 5.96 Å². The first-order valence-electron chi connectivity index (χ1n) is 10.0. The maximum Gasteiger partial charge on any atom is 0.243 e. The molecule has 2 fully saturated rings. The van der Waals surface area contributed by atoms with Crippen LogP contribution in [0, 0.1) is 11.8 Å². The molecule has 0 aromatic carbocycles. The number of amides is 1. The Hall–Kier alpha value is -0.610. The first-order valence-corrected chi connectivity index (χ1v) is 10.0. The van der Waals surface area contributed by atoms with Crippen LogP contribution in [0.2, 0.25) is 0 Å². The van der Waals surface area contributed by atoms with Crippen molar-refractivity contribution < 1.29 is 9.53 Å². The normalized spacial score (nSPS) is 24.3. The lowest BCUT2D eigenvalue weighted by Crippen LogP contribution is -2.49. The number of nitrogens with one attached hydrogen (secondary N) is 1. The van der Waals surface area contributed by atoms with E-state index in [1.165, 1.54) is 6.42 Å². The Bertz CT molecular complexity index is 469. The minimum atomic E-state index is 0. The molecule has 0 aromatic heterocycles. The quantitative estimate of drug-likeness (QED) is 0.261. The topological polar surface area (TPSA) is 60.4 Å². The highest BCUT2D eigenvalue weighted by Crippen LogP contribution is 2.22. The number of nitrogens with zero attached hydrogens (tertiary/aromatic N) is 4. The third-order valence-electron chi connectivity index (χ3n) is 5.53. The third kappa shape index (κ3) is 8.51. The molecule has 0 aromatic rings. The van der Waals surface area contributed by atoms with Gasteiger partial charge in [0, 0.05) is 46.8 Å². The lowest BCUT2D eigenvalue weighted by atomic mass is 9.89. The molecule has 2 heterocycles. The largest absolute Gasteiger partial charge is 0.379 e. The molecule has 0 saturated carbocycles. The van der Waals surface area contributed by atoms with Crippen LogP contribution in [0.1, 0.15) is 26.7 Å². The highest BCUT2D eigenvalue weighted by Gasteiger charge is 2.25. The van der Waals surface area contributed by atoms with Gasteiger partial charge in [0.1, 0.15) is 6.54 Å². The lowest BCUT2D eigenvalue weighted by molar-refractivity contribution is -0.127. The Morgan fingerprint density at radius 3 is 2.52 bits per heavy atom. The maximum atomic E-state index is 11.9. The second-order valence-electron chi connectivity index (χ2n) is 7.85. The maximum absolute atomic E-state index is 11.9. The summed E-state index contributed by atoms with van der Waals surface area (Å²) in [5, 5.41) is 3.51. The number of aliphatic imine (C=N–C) groups is 1. The number of hydrogen-bond acceptors (Lipinski definition) is 4. The van der Waals surface area contributed by atoms with Gasteiger partial charge in [-0.1, -0.05) is 13.8 Å². The van der Waals surface area contributed by atoms with Gasteiger partial charge in [0.25, 0.3) is 0 Å². The van der Waals surface area contributed by atoms with Crippen molar-refractivity contribution in [1.29, 1.82) is 0 Å². The summed E-state index contributed by atoms with van der Waals surface area (Å²) in [6, 6.07) is 0. The van der Waals surface area contributed by atoms with Gasteiger partial charge in [-0.3, -0.25) is 9.69 Å². The second-order valence-corrected chi connectivity index (χ2v) is 7.85. The van der Waals surface area contributed by atoms with Crippen LogP contribution in [0.3, 0.4) is 0 Å². The van der Waals surface area contributed by atoms with E-state index in [4.69, 9.17) is 4.74 Å². The molecule has 1 N–H and O–H groups in total. The number of piperidine rings is 1. The van der Waals surface area contributed by atoms with Crippen molar-refractivity contribution in [3.63, 3.8) is 0 Å². The van der Waals surface area contributed by atoms with Crippen molar-refractivity contribution in [2.75, 3.05) is 73.1 Å². The summed E-state index contributed by atoms with van der Waals surface area (Å²) in [7, 11) is 3.55. The average molecular weight is 495 g/mol. The minimum absolute atomic E-state index is 0. The van der Waals surface area contributed by atoms with E-state index >= 15 is 0 Å². The van der Waals surface area contributed by atoms with Crippen LogP contribution in [0.5, 0.6) is 0 Å². The summed E-state index contributed by atoms with van der Waals surface area (Å²) < 4.78 is 5.40. The Kier molecular flexibility index (Phi) is 11.6. The van der Waals surface area contributed by atoms with Crippen LogP contribution in [0.4, 0.5) is 0 Å². The molecule has 158 valence electrons. The highest BCUT2D eigenvalue weighted by atomic mass is 127. The van der Waals surface area contributed by atoms with E-state index in [-0.39, 0.29) is 36.4 Å². The Morgan fingerprint density at radius 1 is 1.19 bits per heavy atom. The van der Waals surface area contributed by atoms with Gasteiger partial charge in [-0.2, -0.15) is 0 Å². The van der Waals surface area contributed by atoms with Crippen LogP contribution < -0.4 is 5.32 Å². The number of morpholine rings is 1. The van der Waals surface area contributed by atoms with E-state index in [0.717, 1.165) is 70.8 Å². The Morgan fingerprint density at radius 2 is 1.89 bits per heavy atom. The fraction of sp³-hybridized carbons (Fsp3) is 0.895. The van der Waals surface area contributed by atoms with Gasteiger partial charge in [-0.05, 0) is 31.2 Å². The predicted octanol–water partition coefficient (Wildman–Crippen LogP) is 1.34. The van der Waals surface area contributed by atoms with Gasteiger partial charge in [-0.25, -0.2) is 4.99 Å². The summed E-state index contributed by atoms with van der Waals surface area (Å²) >= 11 is 0. The Labute approximate surface area is 181 Å². The first kappa shape index (κ1) is 24.4. The molecule has 2 aliphatic heterocycles. The zero-order valence-corrected chi connectivity index (χ0v) is 19.8. The molecule has 8 heteroatoms. The molecule has 7 nitrogen and oxygen atoms in total.